The van der Waals surface area contributed by atoms with E-state index >= 15 is 0 Å². The summed E-state index contributed by atoms with van der Waals surface area (Å²) in [5.74, 6) is -0.762. The van der Waals surface area contributed by atoms with Gasteiger partial charge in [-0.25, -0.2) is 4.39 Å². The number of nitrogens with zero attached hydrogens (tertiary/aromatic N) is 1. The Morgan fingerprint density at radius 1 is 1.23 bits per heavy atom. The van der Waals surface area contributed by atoms with Gasteiger partial charge in [-0.1, -0.05) is 23.7 Å². The zero-order valence-corrected chi connectivity index (χ0v) is 15.7. The summed E-state index contributed by atoms with van der Waals surface area (Å²) < 4.78 is 14.0. The zero-order chi connectivity index (χ0) is 18.8. The van der Waals surface area contributed by atoms with Crippen molar-refractivity contribution >= 4 is 50.5 Å². The lowest BCUT2D eigenvalue weighted by atomic mass is 10.2. The quantitative estimate of drug-likeness (QED) is 0.687. The van der Waals surface area contributed by atoms with E-state index in [4.69, 9.17) is 11.6 Å². The van der Waals surface area contributed by atoms with Crippen molar-refractivity contribution in [3.05, 3.63) is 63.7 Å². The van der Waals surface area contributed by atoms with E-state index in [-0.39, 0.29) is 17.6 Å². The van der Waals surface area contributed by atoms with E-state index in [0.717, 1.165) is 16.9 Å². The summed E-state index contributed by atoms with van der Waals surface area (Å²) >= 11 is 7.44. The summed E-state index contributed by atoms with van der Waals surface area (Å²) in [6.07, 6.45) is 0. The van der Waals surface area contributed by atoms with Gasteiger partial charge < -0.3 is 10.2 Å². The maximum absolute atomic E-state index is 13.4. The number of thiophene rings is 1. The molecule has 0 aliphatic carbocycles. The summed E-state index contributed by atoms with van der Waals surface area (Å²) in [6.45, 7) is 1.94. The Bertz CT molecular complexity index is 1000. The average Bonchev–Trinajstić information content (AvgIpc) is 2.91. The molecule has 1 aromatic heterocycles. The molecule has 3 aromatic rings. The van der Waals surface area contributed by atoms with Crippen molar-refractivity contribution < 1.29 is 14.0 Å². The van der Waals surface area contributed by atoms with Gasteiger partial charge in [0.2, 0.25) is 5.91 Å². The molecule has 0 fully saturated rings. The maximum atomic E-state index is 13.4. The molecule has 1 heterocycles. The van der Waals surface area contributed by atoms with Crippen molar-refractivity contribution in [3.63, 3.8) is 0 Å². The van der Waals surface area contributed by atoms with Gasteiger partial charge in [-0.2, -0.15) is 0 Å². The second-order valence-electron chi connectivity index (χ2n) is 5.92. The highest BCUT2D eigenvalue weighted by Crippen LogP contribution is 2.36. The number of halogens is 2. The van der Waals surface area contributed by atoms with E-state index in [2.05, 4.69) is 5.32 Å². The van der Waals surface area contributed by atoms with Gasteiger partial charge in [0.25, 0.3) is 5.91 Å². The van der Waals surface area contributed by atoms with Crippen molar-refractivity contribution in [2.45, 2.75) is 13.5 Å². The zero-order valence-electron chi connectivity index (χ0n) is 14.2. The number of hydrogen-bond donors (Lipinski definition) is 1. The Kier molecular flexibility index (Phi) is 5.25. The van der Waals surface area contributed by atoms with Gasteiger partial charge in [-0.15, -0.1) is 11.3 Å². The van der Waals surface area contributed by atoms with Gasteiger partial charge in [-0.3, -0.25) is 9.59 Å². The first kappa shape index (κ1) is 18.4. The molecule has 7 heteroatoms. The molecule has 0 atom stereocenters. The molecule has 0 spiro atoms. The molecule has 2 amide bonds. The molecule has 0 aliphatic heterocycles. The molecule has 134 valence electrons. The number of carbonyl (C=O) groups is 2. The van der Waals surface area contributed by atoms with Crippen LogP contribution >= 0.6 is 22.9 Å². The van der Waals surface area contributed by atoms with Gasteiger partial charge in [0.05, 0.1) is 5.02 Å². The van der Waals surface area contributed by atoms with Crippen LogP contribution in [0, 0.1) is 5.82 Å². The van der Waals surface area contributed by atoms with Crippen LogP contribution in [-0.2, 0) is 11.3 Å². The maximum Gasteiger partial charge on any atom is 0.267 e. The Morgan fingerprint density at radius 3 is 2.73 bits per heavy atom. The largest absolute Gasteiger partial charge is 0.342 e. The first-order valence-corrected chi connectivity index (χ1v) is 9.04. The summed E-state index contributed by atoms with van der Waals surface area (Å²) in [6, 6.07) is 11.5. The van der Waals surface area contributed by atoms with E-state index in [1.807, 2.05) is 6.07 Å². The third kappa shape index (κ3) is 3.86. The Balaban J connectivity index is 1.82. The molecule has 0 unspecified atom stereocenters. The first-order valence-electron chi connectivity index (χ1n) is 7.84. The predicted molar refractivity (Wildman–Crippen MR) is 103 cm³/mol. The average molecular weight is 391 g/mol. The van der Waals surface area contributed by atoms with Crippen molar-refractivity contribution in [2.75, 3.05) is 12.4 Å². The van der Waals surface area contributed by atoms with Crippen LogP contribution in [0.3, 0.4) is 0 Å². The lowest BCUT2D eigenvalue weighted by Gasteiger charge is -2.15. The second-order valence-corrected chi connectivity index (χ2v) is 7.35. The number of fused-ring (bicyclic) bond motifs is 1. The van der Waals surface area contributed by atoms with Gasteiger partial charge in [-0.05, 0) is 35.9 Å². The van der Waals surface area contributed by atoms with Crippen LogP contribution in [0.25, 0.3) is 10.1 Å². The molecule has 4 nitrogen and oxygen atoms in total. The van der Waals surface area contributed by atoms with Crippen LogP contribution in [0.5, 0.6) is 0 Å². The number of benzene rings is 2. The van der Waals surface area contributed by atoms with Gasteiger partial charge in [0, 0.05) is 36.3 Å². The van der Waals surface area contributed by atoms with Crippen molar-refractivity contribution in [2.24, 2.45) is 0 Å². The Hall–Kier alpha value is -2.44. The summed E-state index contributed by atoms with van der Waals surface area (Å²) in [5.41, 5.74) is 1.49. The number of nitrogens with one attached hydrogen (secondary N) is 1. The minimum absolute atomic E-state index is 0.0382. The summed E-state index contributed by atoms with van der Waals surface area (Å²) in [4.78, 5) is 25.9. The number of amides is 2. The third-order valence-electron chi connectivity index (χ3n) is 3.94. The van der Waals surface area contributed by atoms with Crippen molar-refractivity contribution in [1.29, 1.82) is 0 Å². The molecule has 2 aromatic carbocycles. The van der Waals surface area contributed by atoms with Crippen LogP contribution < -0.4 is 5.32 Å². The Labute approximate surface area is 159 Å². The summed E-state index contributed by atoms with van der Waals surface area (Å²) in [5, 5.41) is 3.77. The topological polar surface area (TPSA) is 49.4 Å². The van der Waals surface area contributed by atoms with E-state index in [1.54, 1.807) is 36.2 Å². The van der Waals surface area contributed by atoms with Gasteiger partial charge in [0.15, 0.2) is 0 Å². The van der Waals surface area contributed by atoms with E-state index in [9.17, 15) is 14.0 Å². The third-order valence-corrected chi connectivity index (χ3v) is 5.60. The minimum Gasteiger partial charge on any atom is -0.342 e. The first-order chi connectivity index (χ1) is 12.3. The number of anilines is 1. The fourth-order valence-corrected chi connectivity index (χ4v) is 3.94. The second kappa shape index (κ2) is 7.43. The molecule has 0 radical (unpaired) electrons. The number of rotatable bonds is 4. The van der Waals surface area contributed by atoms with E-state index in [0.29, 0.717) is 32.2 Å². The van der Waals surface area contributed by atoms with E-state index < -0.39 is 0 Å². The smallest absolute Gasteiger partial charge is 0.267 e. The molecule has 0 aliphatic rings. The molecule has 26 heavy (non-hydrogen) atoms. The number of hydrogen-bond acceptors (Lipinski definition) is 3. The Morgan fingerprint density at radius 2 is 2.00 bits per heavy atom. The molecule has 0 saturated carbocycles. The molecular weight excluding hydrogens is 375 g/mol. The van der Waals surface area contributed by atoms with Gasteiger partial charge in [0.1, 0.15) is 10.7 Å². The molecular formula is C19H16ClFN2O2S. The van der Waals surface area contributed by atoms with Crippen LogP contribution in [0.4, 0.5) is 10.1 Å². The van der Waals surface area contributed by atoms with Gasteiger partial charge >= 0.3 is 0 Å². The fourth-order valence-electron chi connectivity index (χ4n) is 2.51. The predicted octanol–water partition coefficient (Wildman–Crippen LogP) is 4.92. The molecule has 3 rings (SSSR count). The van der Waals surface area contributed by atoms with Crippen molar-refractivity contribution in [1.82, 2.24) is 4.90 Å². The lowest BCUT2D eigenvalue weighted by molar-refractivity contribution is -0.128. The van der Waals surface area contributed by atoms with Crippen LogP contribution in [0.15, 0.2) is 42.5 Å². The highest BCUT2D eigenvalue weighted by atomic mass is 35.5. The normalized spacial score (nSPS) is 10.8. The number of carbonyl (C=O) groups excluding carboxylic acids is 2. The monoisotopic (exact) mass is 390 g/mol. The molecule has 0 saturated heterocycles. The lowest BCUT2D eigenvalue weighted by Crippen LogP contribution is -2.23. The van der Waals surface area contributed by atoms with E-state index in [1.165, 1.54) is 19.1 Å². The fraction of sp³-hybridized carbons (Fsp3) is 0.158. The van der Waals surface area contributed by atoms with Crippen LogP contribution in [0.1, 0.15) is 22.2 Å². The van der Waals surface area contributed by atoms with Crippen LogP contribution in [-0.4, -0.2) is 23.8 Å². The SMILES string of the molecule is CC(=O)N(C)Cc1cccc(NC(=O)c2sc3cc(F)ccc3c2Cl)c1. The minimum atomic E-state index is -0.371. The highest BCUT2D eigenvalue weighted by Gasteiger charge is 2.18. The summed E-state index contributed by atoms with van der Waals surface area (Å²) in [7, 11) is 1.71. The van der Waals surface area contributed by atoms with Crippen molar-refractivity contribution in [3.8, 4) is 0 Å². The molecule has 1 N–H and O–H groups in total. The molecule has 0 bridgehead atoms. The highest BCUT2D eigenvalue weighted by molar-refractivity contribution is 7.21. The standard InChI is InChI=1S/C19H16ClFN2O2S/c1-11(24)23(2)10-12-4-3-5-14(8-12)22-19(25)18-17(20)15-7-6-13(21)9-16(15)26-18/h3-9H,10H2,1-2H3,(H,22,25). The van der Waals surface area contributed by atoms with Crippen LogP contribution in [0.2, 0.25) is 5.02 Å².